The Kier molecular flexibility index (Phi) is 4.97. The highest BCUT2D eigenvalue weighted by molar-refractivity contribution is 6.31. The Morgan fingerprint density at radius 2 is 2.03 bits per heavy atom. The van der Waals surface area contributed by atoms with Crippen molar-refractivity contribution < 1.29 is 14.3 Å². The number of piperazine rings is 1. The highest BCUT2D eigenvalue weighted by Crippen LogP contribution is 2.43. The highest BCUT2D eigenvalue weighted by Gasteiger charge is 2.35. The molecule has 3 heterocycles. The van der Waals surface area contributed by atoms with E-state index in [0.717, 1.165) is 52.2 Å². The molecule has 1 saturated heterocycles. The van der Waals surface area contributed by atoms with Gasteiger partial charge in [0.15, 0.2) is 6.10 Å². The summed E-state index contributed by atoms with van der Waals surface area (Å²) in [5.41, 5.74) is 3.63. The zero-order valence-corrected chi connectivity index (χ0v) is 17.4. The summed E-state index contributed by atoms with van der Waals surface area (Å²) >= 11 is 6.46. The van der Waals surface area contributed by atoms with Gasteiger partial charge in [-0.1, -0.05) is 11.6 Å². The van der Waals surface area contributed by atoms with E-state index in [-0.39, 0.29) is 5.91 Å². The van der Waals surface area contributed by atoms with Crippen LogP contribution in [0.5, 0.6) is 11.5 Å². The maximum absolute atomic E-state index is 13.0. The fourth-order valence-corrected chi connectivity index (χ4v) is 4.48. The van der Waals surface area contributed by atoms with E-state index in [9.17, 15) is 4.79 Å². The van der Waals surface area contributed by atoms with E-state index in [1.165, 1.54) is 0 Å². The molecule has 1 N–H and O–H groups in total. The van der Waals surface area contributed by atoms with Crippen molar-refractivity contribution in [2.45, 2.75) is 12.5 Å². The monoisotopic (exact) mass is 423 g/mol. The fraction of sp³-hybridized carbons (Fsp3) is 0.304. The molecule has 2 aromatic carbocycles. The van der Waals surface area contributed by atoms with Crippen LogP contribution in [0.4, 0.5) is 0 Å². The van der Waals surface area contributed by atoms with Gasteiger partial charge in [0.2, 0.25) is 0 Å². The van der Waals surface area contributed by atoms with Gasteiger partial charge in [0.05, 0.1) is 12.6 Å². The molecular formula is C23H22ClN3O3. The number of benzene rings is 2. The lowest BCUT2D eigenvalue weighted by Crippen LogP contribution is -2.50. The van der Waals surface area contributed by atoms with Crippen LogP contribution in [0.3, 0.4) is 0 Å². The number of amides is 1. The van der Waals surface area contributed by atoms with Gasteiger partial charge < -0.3 is 19.7 Å². The molecule has 2 aliphatic heterocycles. The zero-order chi connectivity index (χ0) is 20.7. The average Bonchev–Trinajstić information content (AvgIpc) is 3.21. The standard InChI is InChI=1S/C23H22ClN3O3/c1-29-16-2-3-20-18(13-16)17(4-5-26-20)19-12-15(24)10-14-11-21(30-22(14)19)23(28)27-8-6-25-7-9-27/h2-5,10,12-13,21,25H,6-9,11H2,1H3. The van der Waals surface area contributed by atoms with Crippen molar-refractivity contribution in [3.63, 3.8) is 0 Å². The van der Waals surface area contributed by atoms with Crippen LogP contribution in [0, 0.1) is 0 Å². The number of hydrogen-bond acceptors (Lipinski definition) is 5. The topological polar surface area (TPSA) is 63.7 Å². The van der Waals surface area contributed by atoms with Gasteiger partial charge >= 0.3 is 0 Å². The molecule has 2 aliphatic rings. The first-order chi connectivity index (χ1) is 14.6. The third-order valence-corrected chi connectivity index (χ3v) is 5.96. The first-order valence-corrected chi connectivity index (χ1v) is 10.4. The second kappa shape index (κ2) is 7.78. The molecule has 1 fully saturated rings. The first kappa shape index (κ1) is 19.2. The largest absolute Gasteiger partial charge is 0.497 e. The van der Waals surface area contributed by atoms with Crippen LogP contribution in [0.2, 0.25) is 5.02 Å². The Balaban J connectivity index is 1.56. The predicted molar refractivity (Wildman–Crippen MR) is 116 cm³/mol. The van der Waals surface area contributed by atoms with E-state index >= 15 is 0 Å². The predicted octanol–water partition coefficient (Wildman–Crippen LogP) is 3.30. The van der Waals surface area contributed by atoms with Gasteiger partial charge in [-0.25, -0.2) is 0 Å². The zero-order valence-electron chi connectivity index (χ0n) is 16.7. The molecule has 1 amide bonds. The third kappa shape index (κ3) is 3.36. The number of hydrogen-bond donors (Lipinski definition) is 1. The number of halogens is 1. The second-order valence-electron chi connectivity index (χ2n) is 7.57. The number of pyridine rings is 1. The van der Waals surface area contributed by atoms with Gasteiger partial charge in [0.1, 0.15) is 11.5 Å². The first-order valence-electron chi connectivity index (χ1n) is 10.1. The van der Waals surface area contributed by atoms with Crippen LogP contribution < -0.4 is 14.8 Å². The molecule has 5 rings (SSSR count). The van der Waals surface area contributed by atoms with E-state index < -0.39 is 6.10 Å². The normalized spacial score (nSPS) is 18.2. The third-order valence-electron chi connectivity index (χ3n) is 5.74. The maximum atomic E-state index is 13.0. The van der Waals surface area contributed by atoms with Gasteiger partial charge in [-0.15, -0.1) is 0 Å². The Morgan fingerprint density at radius 3 is 2.83 bits per heavy atom. The fourth-order valence-electron chi connectivity index (χ4n) is 4.24. The summed E-state index contributed by atoms with van der Waals surface area (Å²) in [4.78, 5) is 19.4. The molecule has 30 heavy (non-hydrogen) atoms. The van der Waals surface area contributed by atoms with Gasteiger partial charge in [0, 0.05) is 60.3 Å². The number of rotatable bonds is 3. The van der Waals surface area contributed by atoms with Crippen molar-refractivity contribution in [2.75, 3.05) is 33.3 Å². The van der Waals surface area contributed by atoms with Crippen molar-refractivity contribution in [2.24, 2.45) is 0 Å². The van der Waals surface area contributed by atoms with Crippen LogP contribution in [0.1, 0.15) is 5.56 Å². The Morgan fingerprint density at radius 1 is 1.20 bits per heavy atom. The summed E-state index contributed by atoms with van der Waals surface area (Å²) in [6.07, 6.45) is 1.78. The van der Waals surface area contributed by atoms with E-state index in [1.807, 2.05) is 41.3 Å². The smallest absolute Gasteiger partial charge is 0.264 e. The number of carbonyl (C=O) groups is 1. The molecule has 6 nitrogen and oxygen atoms in total. The van der Waals surface area contributed by atoms with E-state index in [2.05, 4.69) is 10.3 Å². The van der Waals surface area contributed by atoms with E-state index in [0.29, 0.717) is 24.5 Å². The summed E-state index contributed by atoms with van der Waals surface area (Å²) in [6, 6.07) is 11.5. The summed E-state index contributed by atoms with van der Waals surface area (Å²) in [6.45, 7) is 3.04. The highest BCUT2D eigenvalue weighted by atomic mass is 35.5. The van der Waals surface area contributed by atoms with Crippen molar-refractivity contribution in [3.8, 4) is 22.6 Å². The molecule has 1 atom stereocenters. The van der Waals surface area contributed by atoms with Crippen molar-refractivity contribution >= 4 is 28.4 Å². The van der Waals surface area contributed by atoms with Crippen LogP contribution in [-0.4, -0.2) is 55.2 Å². The molecule has 1 unspecified atom stereocenters. The summed E-state index contributed by atoms with van der Waals surface area (Å²) in [5, 5.41) is 4.84. The molecule has 0 spiro atoms. The Labute approximate surface area is 179 Å². The van der Waals surface area contributed by atoms with Crippen LogP contribution >= 0.6 is 11.6 Å². The number of methoxy groups -OCH3 is 1. The number of carbonyl (C=O) groups excluding carboxylic acids is 1. The van der Waals surface area contributed by atoms with Gasteiger partial charge in [0.25, 0.3) is 5.91 Å². The number of ether oxygens (including phenoxy) is 2. The van der Waals surface area contributed by atoms with Gasteiger partial charge in [-0.3, -0.25) is 9.78 Å². The Bertz CT molecular complexity index is 1130. The van der Waals surface area contributed by atoms with Gasteiger partial charge in [-0.05, 0) is 42.0 Å². The molecule has 0 saturated carbocycles. The number of fused-ring (bicyclic) bond motifs is 2. The van der Waals surface area contributed by atoms with E-state index in [1.54, 1.807) is 13.3 Å². The number of nitrogens with one attached hydrogen (secondary N) is 1. The van der Waals surface area contributed by atoms with Crippen LogP contribution in [-0.2, 0) is 11.2 Å². The maximum Gasteiger partial charge on any atom is 0.264 e. The number of aromatic nitrogens is 1. The lowest BCUT2D eigenvalue weighted by Gasteiger charge is -2.29. The van der Waals surface area contributed by atoms with Crippen molar-refractivity contribution in [1.82, 2.24) is 15.2 Å². The van der Waals surface area contributed by atoms with Crippen molar-refractivity contribution in [3.05, 3.63) is 53.2 Å². The SMILES string of the molecule is COc1ccc2nccc(-c3cc(Cl)cc4c3OC(C(=O)N3CCNCC3)C4)c2c1. The van der Waals surface area contributed by atoms with E-state index in [4.69, 9.17) is 21.1 Å². The minimum atomic E-state index is -0.516. The molecule has 7 heteroatoms. The van der Waals surface area contributed by atoms with Gasteiger partial charge in [-0.2, -0.15) is 0 Å². The molecule has 1 aromatic heterocycles. The summed E-state index contributed by atoms with van der Waals surface area (Å²) in [5.74, 6) is 1.52. The Hall–Kier alpha value is -2.83. The summed E-state index contributed by atoms with van der Waals surface area (Å²) in [7, 11) is 1.64. The molecule has 0 radical (unpaired) electrons. The van der Waals surface area contributed by atoms with Crippen molar-refractivity contribution in [1.29, 1.82) is 0 Å². The molecule has 0 aliphatic carbocycles. The quantitative estimate of drug-likeness (QED) is 0.700. The van der Waals surface area contributed by atoms with Crippen LogP contribution in [0.25, 0.3) is 22.0 Å². The minimum absolute atomic E-state index is 0.0380. The number of nitrogens with zero attached hydrogens (tertiary/aromatic N) is 2. The molecule has 0 bridgehead atoms. The summed E-state index contributed by atoms with van der Waals surface area (Å²) < 4.78 is 11.7. The average molecular weight is 424 g/mol. The molecular weight excluding hydrogens is 402 g/mol. The lowest BCUT2D eigenvalue weighted by molar-refractivity contribution is -0.138. The second-order valence-corrected chi connectivity index (χ2v) is 8.01. The van der Waals surface area contributed by atoms with Crippen LogP contribution in [0.15, 0.2) is 42.6 Å². The lowest BCUT2D eigenvalue weighted by atomic mass is 9.97. The molecule has 3 aromatic rings. The molecule has 154 valence electrons. The minimum Gasteiger partial charge on any atom is -0.497 e.